The minimum Gasteiger partial charge on any atom is -0.409 e. The van der Waals surface area contributed by atoms with E-state index >= 15 is 0 Å². The maximum atomic E-state index is 8.89. The summed E-state index contributed by atoms with van der Waals surface area (Å²) in [7, 11) is 0. The molecule has 1 fully saturated rings. The topological polar surface area (TPSA) is 61.8 Å². The van der Waals surface area contributed by atoms with E-state index < -0.39 is 0 Å². The number of nitrogens with two attached hydrogens (primary N) is 1. The molecule has 0 amide bonds. The number of anilines is 1. The summed E-state index contributed by atoms with van der Waals surface area (Å²) >= 11 is 6.08. The number of benzene rings is 1. The first-order chi connectivity index (χ1) is 9.15. The summed E-state index contributed by atoms with van der Waals surface area (Å²) in [5.41, 5.74) is 7.42. The average Bonchev–Trinajstić information content (AvgIpc) is 2.37. The van der Waals surface area contributed by atoms with E-state index in [-0.39, 0.29) is 5.84 Å². The van der Waals surface area contributed by atoms with Crippen molar-refractivity contribution in [2.75, 3.05) is 18.0 Å². The van der Waals surface area contributed by atoms with Crippen LogP contribution in [0.15, 0.2) is 23.4 Å². The molecule has 4 nitrogen and oxygen atoms in total. The van der Waals surface area contributed by atoms with Crippen molar-refractivity contribution in [1.29, 1.82) is 0 Å². The molecule has 1 saturated carbocycles. The van der Waals surface area contributed by atoms with Crippen molar-refractivity contribution in [3.63, 3.8) is 0 Å². The molecule has 0 aromatic heterocycles. The van der Waals surface area contributed by atoms with E-state index in [0.717, 1.165) is 30.3 Å². The van der Waals surface area contributed by atoms with Gasteiger partial charge in [0, 0.05) is 29.4 Å². The normalized spacial score (nSPS) is 16.2. The molecule has 0 saturated heterocycles. The van der Waals surface area contributed by atoms with E-state index in [2.05, 4.69) is 17.0 Å². The third-order valence-electron chi connectivity index (χ3n) is 3.77. The minimum atomic E-state index is 0.124. The summed E-state index contributed by atoms with van der Waals surface area (Å²) < 4.78 is 0. The molecule has 1 aliphatic rings. The van der Waals surface area contributed by atoms with Crippen LogP contribution in [-0.2, 0) is 0 Å². The molecule has 0 unspecified atom stereocenters. The molecule has 0 radical (unpaired) electrons. The first-order valence-corrected chi connectivity index (χ1v) is 7.06. The number of nitrogens with zero attached hydrogens (tertiary/aromatic N) is 2. The lowest BCUT2D eigenvalue weighted by Gasteiger charge is -2.34. The molecule has 0 spiro atoms. The van der Waals surface area contributed by atoms with Gasteiger partial charge in [-0.3, -0.25) is 0 Å². The van der Waals surface area contributed by atoms with Crippen LogP contribution in [0.4, 0.5) is 5.69 Å². The maximum Gasteiger partial charge on any atom is 0.172 e. The van der Waals surface area contributed by atoms with Crippen LogP contribution in [0, 0.1) is 5.92 Å². The van der Waals surface area contributed by atoms with Crippen LogP contribution in [0.1, 0.15) is 31.7 Å². The summed E-state index contributed by atoms with van der Waals surface area (Å²) in [6.45, 7) is 3.99. The average molecular weight is 282 g/mol. The van der Waals surface area contributed by atoms with E-state index in [1.165, 1.54) is 19.3 Å². The van der Waals surface area contributed by atoms with Gasteiger partial charge in [0.1, 0.15) is 0 Å². The fourth-order valence-electron chi connectivity index (χ4n) is 2.42. The lowest BCUT2D eigenvalue weighted by Crippen LogP contribution is -2.34. The molecule has 0 bridgehead atoms. The molecule has 1 aromatic rings. The highest BCUT2D eigenvalue weighted by Gasteiger charge is 2.22. The van der Waals surface area contributed by atoms with Crippen molar-refractivity contribution >= 4 is 23.1 Å². The predicted molar refractivity (Wildman–Crippen MR) is 79.2 cm³/mol. The Morgan fingerprint density at radius 1 is 1.53 bits per heavy atom. The Labute approximate surface area is 118 Å². The number of amidine groups is 1. The van der Waals surface area contributed by atoms with Crippen molar-refractivity contribution in [3.8, 4) is 0 Å². The van der Waals surface area contributed by atoms with Gasteiger partial charge >= 0.3 is 0 Å². The summed E-state index contributed by atoms with van der Waals surface area (Å²) in [6, 6.07) is 5.45. The van der Waals surface area contributed by atoms with Gasteiger partial charge < -0.3 is 15.8 Å². The molecule has 104 valence electrons. The molecule has 5 heteroatoms. The van der Waals surface area contributed by atoms with Gasteiger partial charge in [0.05, 0.1) is 0 Å². The molecule has 19 heavy (non-hydrogen) atoms. The molecule has 0 heterocycles. The zero-order valence-electron chi connectivity index (χ0n) is 11.1. The van der Waals surface area contributed by atoms with Crippen LogP contribution in [-0.4, -0.2) is 24.1 Å². The maximum absolute atomic E-state index is 8.89. The van der Waals surface area contributed by atoms with Gasteiger partial charge in [0.15, 0.2) is 5.84 Å². The zero-order valence-corrected chi connectivity index (χ0v) is 11.9. The SMILES string of the molecule is CCN(CC1CCC1)c1cc(Cl)ccc1/C(N)=N/O. The molecular weight excluding hydrogens is 262 g/mol. The molecular formula is C14H20ClN3O. The van der Waals surface area contributed by atoms with E-state index in [1.54, 1.807) is 12.1 Å². The Balaban J connectivity index is 2.30. The Bertz CT molecular complexity index is 472. The zero-order chi connectivity index (χ0) is 13.8. The number of hydrogen-bond acceptors (Lipinski definition) is 3. The fraction of sp³-hybridized carbons (Fsp3) is 0.500. The van der Waals surface area contributed by atoms with Crippen LogP contribution in [0.3, 0.4) is 0 Å². The van der Waals surface area contributed by atoms with Gasteiger partial charge in [-0.1, -0.05) is 23.2 Å². The standard InChI is InChI=1S/C14H20ClN3O/c1-2-18(9-10-4-3-5-10)13-8-11(15)6-7-12(13)14(16)17-19/h6-8,10,19H,2-5,9H2,1H3,(H2,16,17). The third kappa shape index (κ3) is 3.13. The Hall–Kier alpha value is -1.42. The van der Waals surface area contributed by atoms with Gasteiger partial charge in [0.2, 0.25) is 0 Å². The van der Waals surface area contributed by atoms with E-state index in [0.29, 0.717) is 5.02 Å². The van der Waals surface area contributed by atoms with Gasteiger partial charge in [-0.05, 0) is 43.9 Å². The summed E-state index contributed by atoms with van der Waals surface area (Å²) in [5, 5.41) is 12.7. The van der Waals surface area contributed by atoms with Crippen LogP contribution in [0.5, 0.6) is 0 Å². The first-order valence-electron chi connectivity index (χ1n) is 6.68. The highest BCUT2D eigenvalue weighted by Crippen LogP contribution is 2.31. The first kappa shape index (κ1) is 14.0. The van der Waals surface area contributed by atoms with Crippen LogP contribution >= 0.6 is 11.6 Å². The monoisotopic (exact) mass is 281 g/mol. The van der Waals surface area contributed by atoms with Crippen LogP contribution in [0.2, 0.25) is 5.02 Å². The van der Waals surface area contributed by atoms with Crippen molar-refractivity contribution < 1.29 is 5.21 Å². The smallest absolute Gasteiger partial charge is 0.172 e. The highest BCUT2D eigenvalue weighted by molar-refractivity contribution is 6.31. The van der Waals surface area contributed by atoms with E-state index in [1.807, 2.05) is 6.07 Å². The lowest BCUT2D eigenvalue weighted by molar-refractivity contribution is 0.317. The lowest BCUT2D eigenvalue weighted by atomic mass is 9.85. The molecule has 0 aliphatic heterocycles. The molecule has 3 N–H and O–H groups in total. The van der Waals surface area contributed by atoms with Gasteiger partial charge in [-0.25, -0.2) is 0 Å². The largest absolute Gasteiger partial charge is 0.409 e. The second-order valence-electron chi connectivity index (χ2n) is 4.98. The van der Waals surface area contributed by atoms with Crippen molar-refractivity contribution in [1.82, 2.24) is 0 Å². The van der Waals surface area contributed by atoms with Crippen LogP contribution in [0.25, 0.3) is 0 Å². The third-order valence-corrected chi connectivity index (χ3v) is 4.00. The summed E-state index contributed by atoms with van der Waals surface area (Å²) in [4.78, 5) is 2.25. The Morgan fingerprint density at radius 2 is 2.26 bits per heavy atom. The minimum absolute atomic E-state index is 0.124. The fourth-order valence-corrected chi connectivity index (χ4v) is 2.59. The number of oxime groups is 1. The summed E-state index contributed by atoms with van der Waals surface area (Å²) in [6.07, 6.45) is 3.90. The van der Waals surface area contributed by atoms with E-state index in [4.69, 9.17) is 22.5 Å². The van der Waals surface area contributed by atoms with Crippen molar-refractivity contribution in [3.05, 3.63) is 28.8 Å². The quantitative estimate of drug-likeness (QED) is 0.377. The Kier molecular flexibility index (Phi) is 4.53. The molecule has 0 atom stereocenters. The molecule has 1 aromatic carbocycles. The predicted octanol–water partition coefficient (Wildman–Crippen LogP) is 3.06. The number of hydrogen-bond donors (Lipinski definition) is 2. The highest BCUT2D eigenvalue weighted by atomic mass is 35.5. The summed E-state index contributed by atoms with van der Waals surface area (Å²) in [5.74, 6) is 0.873. The second kappa shape index (κ2) is 6.15. The van der Waals surface area contributed by atoms with Crippen molar-refractivity contribution in [2.45, 2.75) is 26.2 Å². The number of rotatable bonds is 5. The number of halogens is 1. The van der Waals surface area contributed by atoms with E-state index in [9.17, 15) is 0 Å². The van der Waals surface area contributed by atoms with Gasteiger partial charge in [-0.15, -0.1) is 0 Å². The van der Waals surface area contributed by atoms with Crippen LogP contribution < -0.4 is 10.6 Å². The van der Waals surface area contributed by atoms with Gasteiger partial charge in [-0.2, -0.15) is 0 Å². The second-order valence-corrected chi connectivity index (χ2v) is 5.42. The molecule has 1 aliphatic carbocycles. The van der Waals surface area contributed by atoms with Crippen molar-refractivity contribution in [2.24, 2.45) is 16.8 Å². The Morgan fingerprint density at radius 3 is 2.79 bits per heavy atom. The molecule has 2 rings (SSSR count). The van der Waals surface area contributed by atoms with Gasteiger partial charge in [0.25, 0.3) is 0 Å².